The van der Waals surface area contributed by atoms with Gasteiger partial charge in [-0.1, -0.05) is 13.5 Å². The molecule has 0 spiro atoms. The lowest BCUT2D eigenvalue weighted by Gasteiger charge is -2.01. The van der Waals surface area contributed by atoms with Gasteiger partial charge in [-0.25, -0.2) is 4.79 Å². The predicted octanol–water partition coefficient (Wildman–Crippen LogP) is 1.70. The number of esters is 1. The van der Waals surface area contributed by atoms with Gasteiger partial charge in [-0.05, 0) is 6.42 Å². The highest BCUT2D eigenvalue weighted by molar-refractivity contribution is 5.87. The van der Waals surface area contributed by atoms with Crippen LogP contribution in [-0.4, -0.2) is 25.3 Å². The van der Waals surface area contributed by atoms with Gasteiger partial charge in [0.05, 0.1) is 6.61 Å². The molecule has 1 rings (SSSR count). The minimum absolute atomic E-state index is 0.142. The molecule has 1 heterocycles. The van der Waals surface area contributed by atoms with E-state index in [2.05, 4.69) is 19.7 Å². The van der Waals surface area contributed by atoms with Crippen molar-refractivity contribution in [1.82, 2.24) is 0 Å². The average Bonchev–Trinajstić information content (AvgIpc) is 2.99. The summed E-state index contributed by atoms with van der Waals surface area (Å²) in [4.78, 5) is 10.9. The van der Waals surface area contributed by atoms with Crippen molar-refractivity contribution < 1.29 is 14.3 Å². The van der Waals surface area contributed by atoms with Gasteiger partial charge in [0.1, 0.15) is 12.7 Å². The molecule has 0 bridgehead atoms. The van der Waals surface area contributed by atoms with E-state index in [9.17, 15) is 4.79 Å². The second kappa shape index (κ2) is 6.43. The summed E-state index contributed by atoms with van der Waals surface area (Å²) in [5, 5.41) is 0. The maximum Gasteiger partial charge on any atom is 0.333 e. The fourth-order valence-electron chi connectivity index (χ4n) is 0.579. The van der Waals surface area contributed by atoms with Crippen molar-refractivity contribution in [3.8, 4) is 0 Å². The summed E-state index contributed by atoms with van der Waals surface area (Å²) in [6.45, 7) is 12.5. The molecule has 1 aliphatic rings. The zero-order chi connectivity index (χ0) is 10.3. The summed E-state index contributed by atoms with van der Waals surface area (Å²) in [5.41, 5.74) is 0.519. The van der Waals surface area contributed by atoms with Crippen molar-refractivity contribution >= 4 is 5.97 Å². The first-order valence-corrected chi connectivity index (χ1v) is 4.20. The van der Waals surface area contributed by atoms with Crippen LogP contribution in [0.4, 0.5) is 0 Å². The molecule has 0 aromatic carbocycles. The molecule has 0 aromatic rings. The minimum Gasteiger partial charge on any atom is -0.459 e. The van der Waals surface area contributed by atoms with Crippen LogP contribution in [0.15, 0.2) is 25.3 Å². The van der Waals surface area contributed by atoms with E-state index in [0.29, 0.717) is 25.2 Å². The van der Waals surface area contributed by atoms with Crippen LogP contribution in [0.1, 0.15) is 13.3 Å². The molecule has 1 fully saturated rings. The third-order valence-electron chi connectivity index (χ3n) is 1.52. The summed E-state index contributed by atoms with van der Waals surface area (Å²) in [5.74, 6) is -0.303. The van der Waals surface area contributed by atoms with Gasteiger partial charge in [-0.3, -0.25) is 0 Å². The van der Waals surface area contributed by atoms with Crippen molar-refractivity contribution in [3.63, 3.8) is 0 Å². The molecule has 0 saturated carbocycles. The van der Waals surface area contributed by atoms with Gasteiger partial charge in [0.25, 0.3) is 0 Å². The standard InChI is InChI=1S/C8H12O3.C2H4/c1-3-6(2)8(9)11-5-7-4-10-7;1-2/h7H,2-5H2,1H3;1-2H2. The van der Waals surface area contributed by atoms with Gasteiger partial charge < -0.3 is 9.47 Å². The van der Waals surface area contributed by atoms with Crippen LogP contribution in [0.25, 0.3) is 0 Å². The molecule has 0 amide bonds. The number of epoxide rings is 1. The average molecular weight is 184 g/mol. The Hall–Kier alpha value is -1.09. The molecular formula is C10H16O3. The summed E-state index contributed by atoms with van der Waals surface area (Å²) in [6.07, 6.45) is 0.785. The van der Waals surface area contributed by atoms with E-state index in [4.69, 9.17) is 9.47 Å². The third-order valence-corrected chi connectivity index (χ3v) is 1.52. The summed E-state index contributed by atoms with van der Waals surface area (Å²) < 4.78 is 9.72. The fraction of sp³-hybridized carbons (Fsp3) is 0.500. The molecule has 1 saturated heterocycles. The molecule has 0 N–H and O–H groups in total. The molecular weight excluding hydrogens is 168 g/mol. The maximum atomic E-state index is 10.9. The SMILES string of the molecule is C=C.C=C(CC)C(=O)OCC1CO1. The van der Waals surface area contributed by atoms with Crippen molar-refractivity contribution in [2.75, 3.05) is 13.2 Å². The van der Waals surface area contributed by atoms with Crippen LogP contribution < -0.4 is 0 Å². The Morgan fingerprint density at radius 1 is 1.62 bits per heavy atom. The molecule has 3 heteroatoms. The number of rotatable bonds is 4. The largest absolute Gasteiger partial charge is 0.459 e. The van der Waals surface area contributed by atoms with Crippen LogP contribution >= 0.6 is 0 Å². The molecule has 0 aromatic heterocycles. The highest BCUT2D eigenvalue weighted by Crippen LogP contribution is 2.10. The van der Waals surface area contributed by atoms with Crippen molar-refractivity contribution in [2.24, 2.45) is 0 Å². The third kappa shape index (κ3) is 5.20. The van der Waals surface area contributed by atoms with E-state index in [1.165, 1.54) is 0 Å². The van der Waals surface area contributed by atoms with E-state index in [0.717, 1.165) is 0 Å². The Morgan fingerprint density at radius 2 is 2.15 bits per heavy atom. The van der Waals surface area contributed by atoms with Gasteiger partial charge in [-0.15, -0.1) is 13.2 Å². The zero-order valence-corrected chi connectivity index (χ0v) is 8.04. The van der Waals surface area contributed by atoms with E-state index in [-0.39, 0.29) is 12.1 Å². The zero-order valence-electron chi connectivity index (χ0n) is 8.04. The number of ether oxygens (including phenoxy) is 2. The minimum atomic E-state index is -0.303. The molecule has 0 radical (unpaired) electrons. The lowest BCUT2D eigenvalue weighted by molar-refractivity contribution is -0.139. The van der Waals surface area contributed by atoms with E-state index < -0.39 is 0 Å². The van der Waals surface area contributed by atoms with Crippen molar-refractivity contribution in [3.05, 3.63) is 25.3 Å². The highest BCUT2D eigenvalue weighted by Gasteiger charge is 2.24. The Balaban J connectivity index is 0.000000671. The van der Waals surface area contributed by atoms with Crippen LogP contribution in [0.2, 0.25) is 0 Å². The smallest absolute Gasteiger partial charge is 0.333 e. The summed E-state index contributed by atoms with van der Waals surface area (Å²) >= 11 is 0. The Kier molecular flexibility index (Phi) is 5.89. The molecule has 0 aliphatic carbocycles. The van der Waals surface area contributed by atoms with Gasteiger partial charge in [0, 0.05) is 5.57 Å². The van der Waals surface area contributed by atoms with E-state index in [1.807, 2.05) is 6.92 Å². The first-order valence-electron chi connectivity index (χ1n) is 4.20. The summed E-state index contributed by atoms with van der Waals surface area (Å²) in [7, 11) is 0. The molecule has 1 unspecified atom stereocenters. The first-order chi connectivity index (χ1) is 6.24. The van der Waals surface area contributed by atoms with Gasteiger partial charge in [0.2, 0.25) is 0 Å². The summed E-state index contributed by atoms with van der Waals surface area (Å²) in [6, 6.07) is 0. The van der Waals surface area contributed by atoms with Crippen LogP contribution in [0.3, 0.4) is 0 Å². The normalized spacial score (nSPS) is 18.1. The lowest BCUT2D eigenvalue weighted by atomic mass is 10.2. The second-order valence-electron chi connectivity index (χ2n) is 2.51. The van der Waals surface area contributed by atoms with Crippen LogP contribution in [-0.2, 0) is 14.3 Å². The topological polar surface area (TPSA) is 38.8 Å². The van der Waals surface area contributed by atoms with Crippen LogP contribution in [0, 0.1) is 0 Å². The quantitative estimate of drug-likeness (QED) is 0.289. The molecule has 74 valence electrons. The molecule has 13 heavy (non-hydrogen) atoms. The molecule has 1 aliphatic heterocycles. The number of hydrogen-bond donors (Lipinski definition) is 0. The van der Waals surface area contributed by atoms with E-state index in [1.54, 1.807) is 0 Å². The fourth-order valence-corrected chi connectivity index (χ4v) is 0.579. The Bertz CT molecular complexity index is 183. The van der Waals surface area contributed by atoms with Crippen LogP contribution in [0.5, 0.6) is 0 Å². The highest BCUT2D eigenvalue weighted by atomic mass is 16.6. The van der Waals surface area contributed by atoms with Gasteiger partial charge in [-0.2, -0.15) is 0 Å². The van der Waals surface area contributed by atoms with Gasteiger partial charge in [0.15, 0.2) is 0 Å². The predicted molar refractivity (Wildman–Crippen MR) is 51.4 cm³/mol. The number of hydrogen-bond acceptors (Lipinski definition) is 3. The number of carbonyl (C=O) groups is 1. The molecule has 1 atom stereocenters. The van der Waals surface area contributed by atoms with E-state index >= 15 is 0 Å². The second-order valence-corrected chi connectivity index (χ2v) is 2.51. The van der Waals surface area contributed by atoms with Crippen molar-refractivity contribution in [2.45, 2.75) is 19.4 Å². The van der Waals surface area contributed by atoms with Crippen molar-refractivity contribution in [1.29, 1.82) is 0 Å². The monoisotopic (exact) mass is 184 g/mol. The lowest BCUT2D eigenvalue weighted by Crippen LogP contribution is -2.10. The molecule has 3 nitrogen and oxygen atoms in total. The first kappa shape index (κ1) is 11.9. The Morgan fingerprint density at radius 3 is 2.54 bits per heavy atom. The number of carbonyl (C=O) groups excluding carboxylic acids is 1. The maximum absolute atomic E-state index is 10.9. The Labute approximate surface area is 79.0 Å². The van der Waals surface area contributed by atoms with Gasteiger partial charge >= 0.3 is 5.97 Å².